The van der Waals surface area contributed by atoms with Gasteiger partial charge in [0.25, 0.3) is 0 Å². The van der Waals surface area contributed by atoms with Crippen LogP contribution in [0.3, 0.4) is 0 Å². The van der Waals surface area contributed by atoms with Crippen LogP contribution in [0.1, 0.15) is 30.9 Å². The van der Waals surface area contributed by atoms with Crippen molar-refractivity contribution in [2.75, 3.05) is 12.8 Å². The van der Waals surface area contributed by atoms with E-state index in [-0.39, 0.29) is 12.5 Å². The number of methoxy groups -OCH3 is 1. The summed E-state index contributed by atoms with van der Waals surface area (Å²) in [6.07, 6.45) is 1.51. The smallest absolute Gasteiger partial charge is 0.221 e. The van der Waals surface area contributed by atoms with Crippen molar-refractivity contribution in [2.24, 2.45) is 15.9 Å². The van der Waals surface area contributed by atoms with Crippen LogP contribution in [0.25, 0.3) is 10.9 Å². The van der Waals surface area contributed by atoms with E-state index < -0.39 is 5.60 Å². The zero-order chi connectivity index (χ0) is 21.0. The summed E-state index contributed by atoms with van der Waals surface area (Å²) in [5.41, 5.74) is 7.45. The Morgan fingerprint density at radius 2 is 1.93 bits per heavy atom. The molecule has 0 atom stereocenters. The first-order valence-electron chi connectivity index (χ1n) is 8.90. The topological polar surface area (TPSA) is 145 Å². The highest BCUT2D eigenvalue weighted by molar-refractivity contribution is 6.40. The third kappa shape index (κ3) is 4.46. The molecule has 9 heteroatoms. The Balaban J connectivity index is 1.94. The lowest BCUT2D eigenvalue weighted by atomic mass is 10.0. The molecule has 0 aliphatic rings. The van der Waals surface area contributed by atoms with Gasteiger partial charge in [0.2, 0.25) is 5.95 Å². The van der Waals surface area contributed by atoms with E-state index in [0.29, 0.717) is 39.4 Å². The molecule has 0 aliphatic heterocycles. The number of pyridine rings is 1. The minimum absolute atomic E-state index is 0.0925. The Morgan fingerprint density at radius 1 is 1.17 bits per heavy atom. The molecular formula is C20H23N7O2. The van der Waals surface area contributed by atoms with Gasteiger partial charge in [-0.2, -0.15) is 5.10 Å². The van der Waals surface area contributed by atoms with Crippen molar-refractivity contribution < 1.29 is 9.84 Å². The Hall–Kier alpha value is -3.59. The largest absolute Gasteiger partial charge is 0.496 e. The molecule has 150 valence electrons. The summed E-state index contributed by atoms with van der Waals surface area (Å²) in [7, 11) is 1.56. The zero-order valence-corrected chi connectivity index (χ0v) is 16.5. The lowest BCUT2D eigenvalue weighted by Gasteiger charge is -2.16. The molecule has 0 spiro atoms. The second kappa shape index (κ2) is 8.19. The highest BCUT2D eigenvalue weighted by Crippen LogP contribution is 2.27. The summed E-state index contributed by atoms with van der Waals surface area (Å²) >= 11 is 0. The van der Waals surface area contributed by atoms with Crippen molar-refractivity contribution in [3.8, 4) is 5.75 Å². The predicted octanol–water partition coefficient (Wildman–Crippen LogP) is 1.78. The van der Waals surface area contributed by atoms with E-state index in [0.717, 1.165) is 0 Å². The standard InChI is InChI=1S/C20H23N7O2/c1-20(2,28)16-9-4-6-12(24-16)10-23-11-14(27-22)18-17-13(25-19(21)26-18)7-5-8-15(17)29-3/h4-9,11,28H,10,22H2,1-3H3,(H2,21,25,26). The summed E-state index contributed by atoms with van der Waals surface area (Å²) in [5.74, 6) is 6.27. The molecule has 2 heterocycles. The summed E-state index contributed by atoms with van der Waals surface area (Å²) < 4.78 is 5.43. The van der Waals surface area contributed by atoms with Gasteiger partial charge in [-0.15, -0.1) is 0 Å². The van der Waals surface area contributed by atoms with E-state index in [2.05, 4.69) is 25.0 Å². The van der Waals surface area contributed by atoms with E-state index in [1.165, 1.54) is 6.21 Å². The Labute approximate surface area is 168 Å². The number of hydrogen-bond donors (Lipinski definition) is 3. The van der Waals surface area contributed by atoms with Crippen LogP contribution in [-0.2, 0) is 12.1 Å². The van der Waals surface area contributed by atoms with Gasteiger partial charge in [-0.25, -0.2) is 9.97 Å². The van der Waals surface area contributed by atoms with E-state index in [1.807, 2.05) is 18.2 Å². The number of nitrogen functional groups attached to an aromatic ring is 1. The van der Waals surface area contributed by atoms with Gasteiger partial charge < -0.3 is 21.4 Å². The van der Waals surface area contributed by atoms with Gasteiger partial charge in [0.05, 0.1) is 42.2 Å². The number of hydrazone groups is 1. The number of hydrogen-bond acceptors (Lipinski definition) is 9. The zero-order valence-electron chi connectivity index (χ0n) is 16.5. The van der Waals surface area contributed by atoms with Crippen molar-refractivity contribution in [1.82, 2.24) is 15.0 Å². The monoisotopic (exact) mass is 393 g/mol. The second-order valence-electron chi connectivity index (χ2n) is 6.84. The van der Waals surface area contributed by atoms with Crippen molar-refractivity contribution in [1.29, 1.82) is 0 Å². The maximum atomic E-state index is 10.1. The Kier molecular flexibility index (Phi) is 5.69. The number of nitrogens with two attached hydrogens (primary N) is 2. The van der Waals surface area contributed by atoms with Gasteiger partial charge in [0.1, 0.15) is 22.8 Å². The van der Waals surface area contributed by atoms with Crippen molar-refractivity contribution >= 4 is 28.8 Å². The van der Waals surface area contributed by atoms with E-state index in [4.69, 9.17) is 16.3 Å². The molecule has 0 bridgehead atoms. The second-order valence-corrected chi connectivity index (χ2v) is 6.84. The average Bonchev–Trinajstić information content (AvgIpc) is 2.69. The quantitative estimate of drug-likeness (QED) is 0.329. The van der Waals surface area contributed by atoms with Crippen LogP contribution >= 0.6 is 0 Å². The van der Waals surface area contributed by atoms with Gasteiger partial charge in [0.15, 0.2) is 0 Å². The third-order valence-corrected chi connectivity index (χ3v) is 4.20. The van der Waals surface area contributed by atoms with Crippen LogP contribution in [0, 0.1) is 0 Å². The van der Waals surface area contributed by atoms with E-state index in [1.54, 1.807) is 39.2 Å². The molecule has 0 unspecified atom stereocenters. The minimum atomic E-state index is -1.03. The number of ether oxygens (including phenoxy) is 1. The van der Waals surface area contributed by atoms with Crippen LogP contribution in [0.5, 0.6) is 5.75 Å². The molecule has 0 saturated heterocycles. The first kappa shape index (κ1) is 20.2. The van der Waals surface area contributed by atoms with Gasteiger partial charge >= 0.3 is 0 Å². The fourth-order valence-electron chi connectivity index (χ4n) is 2.81. The molecule has 0 fully saturated rings. The van der Waals surface area contributed by atoms with Crippen LogP contribution < -0.4 is 16.3 Å². The molecule has 3 rings (SSSR count). The predicted molar refractivity (Wildman–Crippen MR) is 113 cm³/mol. The van der Waals surface area contributed by atoms with Crippen molar-refractivity contribution in [2.45, 2.75) is 26.0 Å². The minimum Gasteiger partial charge on any atom is -0.496 e. The molecule has 1 aromatic carbocycles. The number of fused-ring (bicyclic) bond motifs is 1. The van der Waals surface area contributed by atoms with Gasteiger partial charge in [0, 0.05) is 0 Å². The first-order valence-corrected chi connectivity index (χ1v) is 8.90. The van der Waals surface area contributed by atoms with E-state index in [9.17, 15) is 5.11 Å². The van der Waals surface area contributed by atoms with Crippen molar-refractivity contribution in [3.63, 3.8) is 0 Å². The molecule has 29 heavy (non-hydrogen) atoms. The summed E-state index contributed by atoms with van der Waals surface area (Å²) in [4.78, 5) is 17.3. The van der Waals surface area contributed by atoms with Gasteiger partial charge in [-0.1, -0.05) is 12.1 Å². The molecule has 9 nitrogen and oxygen atoms in total. The number of benzene rings is 1. The highest BCUT2D eigenvalue weighted by Gasteiger charge is 2.18. The SMILES string of the molecule is COc1cccc2nc(N)nc(C(C=NCc3cccc(C(C)(C)O)n3)=NN)c12. The Morgan fingerprint density at radius 3 is 2.62 bits per heavy atom. The third-order valence-electron chi connectivity index (χ3n) is 4.20. The van der Waals surface area contributed by atoms with Crippen LogP contribution in [0.2, 0.25) is 0 Å². The summed E-state index contributed by atoms with van der Waals surface area (Å²) in [5, 5.41) is 14.6. The first-order chi connectivity index (χ1) is 13.8. The lowest BCUT2D eigenvalue weighted by molar-refractivity contribution is 0.0736. The Bertz CT molecular complexity index is 1090. The fraction of sp³-hybridized carbons (Fsp3) is 0.250. The summed E-state index contributed by atoms with van der Waals surface area (Å²) in [6, 6.07) is 10.8. The average molecular weight is 393 g/mol. The molecule has 0 radical (unpaired) electrons. The molecule has 0 amide bonds. The molecule has 0 aliphatic carbocycles. The summed E-state index contributed by atoms with van der Waals surface area (Å²) in [6.45, 7) is 3.64. The maximum Gasteiger partial charge on any atom is 0.221 e. The lowest BCUT2D eigenvalue weighted by Crippen LogP contribution is -2.18. The maximum absolute atomic E-state index is 10.1. The molecule has 3 aromatic rings. The molecule has 5 N–H and O–H groups in total. The molecule has 0 saturated carbocycles. The highest BCUT2D eigenvalue weighted by atomic mass is 16.5. The molecule has 2 aromatic heterocycles. The number of rotatable bonds is 6. The number of nitrogens with zero attached hydrogens (tertiary/aromatic N) is 5. The van der Waals surface area contributed by atoms with Crippen LogP contribution in [-0.4, -0.2) is 39.1 Å². The van der Waals surface area contributed by atoms with Gasteiger partial charge in [-0.3, -0.25) is 9.98 Å². The normalized spacial score (nSPS) is 12.6. The van der Waals surface area contributed by atoms with Crippen LogP contribution in [0.15, 0.2) is 46.5 Å². The van der Waals surface area contributed by atoms with Crippen molar-refractivity contribution in [3.05, 3.63) is 53.5 Å². The fourth-order valence-corrected chi connectivity index (χ4v) is 2.81. The number of anilines is 1. The number of aliphatic imine (C=N–C) groups is 1. The molecular weight excluding hydrogens is 370 g/mol. The van der Waals surface area contributed by atoms with E-state index >= 15 is 0 Å². The number of aliphatic hydroxyl groups is 1. The van der Waals surface area contributed by atoms with Crippen LogP contribution in [0.4, 0.5) is 5.95 Å². The van der Waals surface area contributed by atoms with Gasteiger partial charge in [-0.05, 0) is 38.1 Å². The number of aromatic nitrogens is 3.